The van der Waals surface area contributed by atoms with Gasteiger partial charge >= 0.3 is 0 Å². The van der Waals surface area contributed by atoms with Crippen LogP contribution in [0.5, 0.6) is 0 Å². The van der Waals surface area contributed by atoms with Crippen LogP contribution < -0.4 is 5.32 Å². The van der Waals surface area contributed by atoms with Gasteiger partial charge in [-0.2, -0.15) is 0 Å². The van der Waals surface area contributed by atoms with Gasteiger partial charge in [-0.15, -0.1) is 0 Å². The summed E-state index contributed by atoms with van der Waals surface area (Å²) in [4.78, 5) is 8.32. The van der Waals surface area contributed by atoms with Crippen LogP contribution in [0.1, 0.15) is 31.2 Å². The van der Waals surface area contributed by atoms with Gasteiger partial charge in [0.25, 0.3) is 0 Å². The molecule has 0 amide bonds. The lowest BCUT2D eigenvalue weighted by molar-refractivity contribution is 0.488. The Morgan fingerprint density at radius 1 is 1.29 bits per heavy atom. The van der Waals surface area contributed by atoms with Crippen LogP contribution in [-0.4, -0.2) is 16.5 Å². The number of hydrogen-bond donors (Lipinski definition) is 1. The van der Waals surface area contributed by atoms with Gasteiger partial charge in [0.05, 0.1) is 0 Å². The van der Waals surface area contributed by atoms with E-state index in [0.717, 1.165) is 12.4 Å². The summed E-state index contributed by atoms with van der Waals surface area (Å²) < 4.78 is 0. The van der Waals surface area contributed by atoms with Crippen LogP contribution in [-0.2, 0) is 5.41 Å². The first-order chi connectivity index (χ1) is 6.82. The van der Waals surface area contributed by atoms with Gasteiger partial charge in [-0.3, -0.25) is 0 Å². The van der Waals surface area contributed by atoms with Gasteiger partial charge in [0, 0.05) is 17.5 Å². The number of fused-ring (bicyclic) bond motifs is 2. The number of nitrogens with zero attached hydrogens (tertiary/aromatic N) is 2. The molecule has 1 aliphatic heterocycles. The third-order valence-electron chi connectivity index (χ3n) is 3.49. The number of anilines is 1. The molecule has 0 aromatic carbocycles. The summed E-state index contributed by atoms with van der Waals surface area (Å²) in [6.45, 7) is 0.987. The predicted molar refractivity (Wildman–Crippen MR) is 55.7 cm³/mol. The molecule has 2 aliphatic rings. The van der Waals surface area contributed by atoms with Crippen LogP contribution >= 0.6 is 11.6 Å². The van der Waals surface area contributed by atoms with Gasteiger partial charge in [0.15, 0.2) is 0 Å². The van der Waals surface area contributed by atoms with E-state index in [1.54, 1.807) is 0 Å². The molecule has 74 valence electrons. The van der Waals surface area contributed by atoms with Crippen LogP contribution in [0.25, 0.3) is 0 Å². The quantitative estimate of drug-likeness (QED) is 0.667. The Hall–Kier alpha value is -0.830. The maximum absolute atomic E-state index is 6.15. The van der Waals surface area contributed by atoms with Crippen LogP contribution in [0.4, 0.5) is 5.82 Å². The maximum atomic E-state index is 6.15. The van der Waals surface area contributed by atoms with Crippen molar-refractivity contribution in [3.63, 3.8) is 0 Å². The van der Waals surface area contributed by atoms with E-state index in [1.807, 2.05) is 0 Å². The highest BCUT2D eigenvalue weighted by Crippen LogP contribution is 2.49. The van der Waals surface area contributed by atoms with Crippen LogP contribution in [0.2, 0.25) is 5.15 Å². The number of rotatable bonds is 0. The normalized spacial score (nSPS) is 22.4. The average molecular weight is 210 g/mol. The van der Waals surface area contributed by atoms with E-state index in [2.05, 4.69) is 15.3 Å². The van der Waals surface area contributed by atoms with Crippen molar-refractivity contribution in [2.75, 3.05) is 11.9 Å². The fourth-order valence-electron chi connectivity index (χ4n) is 2.79. The number of nitrogens with one attached hydrogen (secondary N) is 1. The lowest BCUT2D eigenvalue weighted by atomic mass is 9.82. The molecule has 3 nitrogen and oxygen atoms in total. The molecule has 1 aliphatic carbocycles. The zero-order valence-corrected chi connectivity index (χ0v) is 8.64. The van der Waals surface area contributed by atoms with Crippen molar-refractivity contribution in [2.24, 2.45) is 0 Å². The van der Waals surface area contributed by atoms with E-state index in [-0.39, 0.29) is 5.41 Å². The fourth-order valence-corrected chi connectivity index (χ4v) is 3.12. The lowest BCUT2D eigenvalue weighted by Gasteiger charge is -2.22. The van der Waals surface area contributed by atoms with E-state index in [0.29, 0.717) is 5.15 Å². The van der Waals surface area contributed by atoms with Crippen molar-refractivity contribution >= 4 is 17.4 Å². The molecule has 1 fully saturated rings. The smallest absolute Gasteiger partial charge is 0.138 e. The third-order valence-corrected chi connectivity index (χ3v) is 3.77. The molecule has 0 bridgehead atoms. The zero-order chi connectivity index (χ0) is 9.60. The zero-order valence-electron chi connectivity index (χ0n) is 7.89. The molecule has 0 unspecified atom stereocenters. The average Bonchev–Trinajstić information content (AvgIpc) is 2.77. The van der Waals surface area contributed by atoms with Gasteiger partial charge in [-0.1, -0.05) is 24.4 Å². The molecule has 1 spiro atoms. The minimum absolute atomic E-state index is 0.244. The molecule has 1 N–H and O–H groups in total. The largest absolute Gasteiger partial charge is 0.369 e. The van der Waals surface area contributed by atoms with Crippen molar-refractivity contribution in [2.45, 2.75) is 31.1 Å². The van der Waals surface area contributed by atoms with Crippen LogP contribution in [0, 0.1) is 0 Å². The van der Waals surface area contributed by atoms with Gasteiger partial charge in [-0.25, -0.2) is 9.97 Å². The standard InChI is InChI=1S/C10H12ClN3/c11-8-7-9(14-6-13-8)12-5-10(7)3-1-2-4-10/h6H,1-5H2,(H,12,13,14). The minimum Gasteiger partial charge on any atom is -0.369 e. The van der Waals surface area contributed by atoms with Gasteiger partial charge in [-0.05, 0) is 12.8 Å². The molecule has 0 saturated heterocycles. The Morgan fingerprint density at radius 3 is 2.86 bits per heavy atom. The second-order valence-electron chi connectivity index (χ2n) is 4.23. The van der Waals surface area contributed by atoms with Gasteiger partial charge < -0.3 is 5.32 Å². The molecular weight excluding hydrogens is 198 g/mol. The molecule has 0 atom stereocenters. The molecule has 3 rings (SSSR count). The first-order valence-corrected chi connectivity index (χ1v) is 5.44. The third kappa shape index (κ3) is 0.989. The predicted octanol–water partition coefficient (Wildman–Crippen LogP) is 2.37. The summed E-state index contributed by atoms with van der Waals surface area (Å²) >= 11 is 6.15. The highest BCUT2D eigenvalue weighted by atomic mass is 35.5. The topological polar surface area (TPSA) is 37.8 Å². The van der Waals surface area contributed by atoms with E-state index in [9.17, 15) is 0 Å². The Bertz CT molecular complexity index is 372. The monoisotopic (exact) mass is 209 g/mol. The highest BCUT2D eigenvalue weighted by molar-refractivity contribution is 6.30. The van der Waals surface area contributed by atoms with Crippen molar-refractivity contribution in [3.05, 3.63) is 17.0 Å². The van der Waals surface area contributed by atoms with Crippen molar-refractivity contribution in [1.29, 1.82) is 0 Å². The van der Waals surface area contributed by atoms with Crippen LogP contribution in [0.3, 0.4) is 0 Å². The Morgan fingerprint density at radius 2 is 2.07 bits per heavy atom. The summed E-state index contributed by atoms with van der Waals surface area (Å²) in [6.07, 6.45) is 6.57. The van der Waals surface area contributed by atoms with E-state index in [4.69, 9.17) is 11.6 Å². The fraction of sp³-hybridized carbons (Fsp3) is 0.600. The molecule has 1 aromatic heterocycles. The van der Waals surface area contributed by atoms with E-state index < -0.39 is 0 Å². The summed E-state index contributed by atoms with van der Waals surface area (Å²) in [6, 6.07) is 0. The first kappa shape index (κ1) is 8.48. The molecule has 14 heavy (non-hydrogen) atoms. The first-order valence-electron chi connectivity index (χ1n) is 5.07. The summed E-state index contributed by atoms with van der Waals surface area (Å²) in [5.41, 5.74) is 1.41. The minimum atomic E-state index is 0.244. The van der Waals surface area contributed by atoms with Crippen molar-refractivity contribution in [1.82, 2.24) is 9.97 Å². The number of aromatic nitrogens is 2. The lowest BCUT2D eigenvalue weighted by Crippen LogP contribution is -2.24. The summed E-state index contributed by atoms with van der Waals surface area (Å²) in [5, 5.41) is 3.98. The van der Waals surface area contributed by atoms with E-state index in [1.165, 1.54) is 37.6 Å². The highest BCUT2D eigenvalue weighted by Gasteiger charge is 2.43. The van der Waals surface area contributed by atoms with Gasteiger partial charge in [0.2, 0.25) is 0 Å². The summed E-state index contributed by atoms with van der Waals surface area (Å²) in [5.74, 6) is 0.951. The molecule has 1 aromatic rings. The van der Waals surface area contributed by atoms with E-state index >= 15 is 0 Å². The Balaban J connectivity index is 2.16. The number of hydrogen-bond acceptors (Lipinski definition) is 3. The second-order valence-corrected chi connectivity index (χ2v) is 4.59. The second kappa shape index (κ2) is 2.83. The SMILES string of the molecule is Clc1ncnc2c1C1(CCCC1)CN2. The van der Waals surface area contributed by atoms with Gasteiger partial charge in [0.1, 0.15) is 17.3 Å². The maximum Gasteiger partial charge on any atom is 0.138 e. The van der Waals surface area contributed by atoms with Crippen LogP contribution in [0.15, 0.2) is 6.33 Å². The number of halogens is 1. The molecule has 0 radical (unpaired) electrons. The molecule has 4 heteroatoms. The van der Waals surface area contributed by atoms with Crippen molar-refractivity contribution in [3.8, 4) is 0 Å². The Labute approximate surface area is 87.9 Å². The summed E-state index contributed by atoms with van der Waals surface area (Å²) in [7, 11) is 0. The Kier molecular flexibility index (Phi) is 1.71. The molecule has 2 heterocycles. The van der Waals surface area contributed by atoms with Crippen molar-refractivity contribution < 1.29 is 0 Å². The molecular formula is C10H12ClN3. The molecule has 1 saturated carbocycles.